The van der Waals surface area contributed by atoms with Crippen LogP contribution in [0.15, 0.2) is 12.1 Å². The van der Waals surface area contributed by atoms with Crippen LogP contribution in [0.1, 0.15) is 48.4 Å². The van der Waals surface area contributed by atoms with E-state index >= 15 is 0 Å². The maximum absolute atomic E-state index is 10.1. The Balaban J connectivity index is 1.56. The van der Waals surface area contributed by atoms with Crippen molar-refractivity contribution in [3.63, 3.8) is 0 Å². The second-order valence-corrected chi connectivity index (χ2v) is 7.09. The zero-order valence-corrected chi connectivity index (χ0v) is 14.3. The van der Waals surface area contributed by atoms with Crippen molar-refractivity contribution in [2.45, 2.75) is 51.7 Å². The predicted molar refractivity (Wildman–Crippen MR) is 90.9 cm³/mol. The molecule has 1 aromatic carbocycles. The van der Waals surface area contributed by atoms with Crippen LogP contribution in [0.25, 0.3) is 0 Å². The first-order chi connectivity index (χ1) is 11.1. The van der Waals surface area contributed by atoms with Gasteiger partial charge < -0.3 is 19.9 Å². The number of hydrogen-bond donors (Lipinski definition) is 2. The first-order valence-electron chi connectivity index (χ1n) is 8.86. The quantitative estimate of drug-likeness (QED) is 0.811. The van der Waals surface area contributed by atoms with Gasteiger partial charge in [-0.15, -0.1) is 0 Å². The van der Waals surface area contributed by atoms with Crippen molar-refractivity contribution in [2.75, 3.05) is 26.4 Å². The van der Waals surface area contributed by atoms with Crippen LogP contribution >= 0.6 is 0 Å². The van der Waals surface area contributed by atoms with E-state index in [9.17, 15) is 5.11 Å². The maximum Gasteiger partial charge on any atom is 0.126 e. The van der Waals surface area contributed by atoms with E-state index in [0.717, 1.165) is 37.7 Å². The predicted octanol–water partition coefficient (Wildman–Crippen LogP) is 2.89. The Bertz CT molecular complexity index is 528. The molecule has 4 heteroatoms. The van der Waals surface area contributed by atoms with Crippen LogP contribution < -0.4 is 10.1 Å². The number of aliphatic hydroxyl groups is 1. The summed E-state index contributed by atoms with van der Waals surface area (Å²) in [7, 11) is 0. The molecule has 2 atom stereocenters. The molecule has 1 aliphatic heterocycles. The molecule has 1 fully saturated rings. The highest BCUT2D eigenvalue weighted by molar-refractivity contribution is 5.46. The van der Waals surface area contributed by atoms with Crippen molar-refractivity contribution in [1.82, 2.24) is 5.32 Å². The molecule has 0 aromatic heterocycles. The van der Waals surface area contributed by atoms with E-state index in [1.165, 1.54) is 29.5 Å². The number of aryl methyl sites for hydroxylation is 2. The van der Waals surface area contributed by atoms with Gasteiger partial charge in [-0.25, -0.2) is 0 Å². The fourth-order valence-corrected chi connectivity index (χ4v) is 3.26. The van der Waals surface area contributed by atoms with Crippen LogP contribution in [0.2, 0.25) is 0 Å². The molecule has 0 radical (unpaired) electrons. The number of hydrogen-bond acceptors (Lipinski definition) is 4. The number of benzene rings is 1. The first-order valence-corrected chi connectivity index (χ1v) is 8.86. The minimum absolute atomic E-state index is 0.240. The van der Waals surface area contributed by atoms with Crippen LogP contribution in [-0.2, 0) is 4.74 Å². The Kier molecular flexibility index (Phi) is 5.57. The average Bonchev–Trinajstić information content (AvgIpc) is 3.32. The summed E-state index contributed by atoms with van der Waals surface area (Å²) in [4.78, 5) is 0. The fourth-order valence-electron chi connectivity index (χ4n) is 3.26. The van der Waals surface area contributed by atoms with Gasteiger partial charge in [0.1, 0.15) is 5.75 Å². The minimum atomic E-state index is -0.452. The lowest BCUT2D eigenvalue weighted by molar-refractivity contribution is 0.0311. The Morgan fingerprint density at radius 1 is 1.30 bits per heavy atom. The van der Waals surface area contributed by atoms with E-state index in [0.29, 0.717) is 13.2 Å². The van der Waals surface area contributed by atoms with Gasteiger partial charge in [0.05, 0.1) is 19.3 Å². The smallest absolute Gasteiger partial charge is 0.126 e. The monoisotopic (exact) mass is 319 g/mol. The first kappa shape index (κ1) is 16.7. The van der Waals surface area contributed by atoms with Crippen LogP contribution in [0.5, 0.6) is 5.75 Å². The molecule has 2 aliphatic rings. The van der Waals surface area contributed by atoms with E-state index in [-0.39, 0.29) is 6.04 Å². The Morgan fingerprint density at radius 3 is 2.91 bits per heavy atom. The summed E-state index contributed by atoms with van der Waals surface area (Å²) in [5.74, 6) is 1.76. The van der Waals surface area contributed by atoms with E-state index in [4.69, 9.17) is 9.47 Å². The van der Waals surface area contributed by atoms with Crippen molar-refractivity contribution < 1.29 is 14.6 Å². The lowest BCUT2D eigenvalue weighted by Gasteiger charge is -2.22. The summed E-state index contributed by atoms with van der Waals surface area (Å²) in [6.45, 7) is 6.77. The number of fused-ring (bicyclic) bond motifs is 1. The van der Waals surface area contributed by atoms with E-state index in [2.05, 4.69) is 31.3 Å². The zero-order chi connectivity index (χ0) is 16.2. The maximum atomic E-state index is 10.1. The van der Waals surface area contributed by atoms with Gasteiger partial charge in [-0.2, -0.15) is 0 Å². The Morgan fingerprint density at radius 2 is 2.13 bits per heavy atom. The second-order valence-electron chi connectivity index (χ2n) is 7.09. The van der Waals surface area contributed by atoms with Gasteiger partial charge >= 0.3 is 0 Å². The molecule has 2 N–H and O–H groups in total. The van der Waals surface area contributed by atoms with E-state index in [1.807, 2.05) is 0 Å². The van der Waals surface area contributed by atoms with E-state index < -0.39 is 6.10 Å². The third-order valence-electron chi connectivity index (χ3n) is 4.67. The SMILES string of the molecule is Cc1cc(C)c2c(c1)C(NCC(O)COCC1CC1)CCCO2. The average molecular weight is 319 g/mol. The Labute approximate surface area is 139 Å². The molecular formula is C19H29NO3. The van der Waals surface area contributed by atoms with Crippen LogP contribution in [0.3, 0.4) is 0 Å². The molecule has 1 aliphatic carbocycles. The normalized spacial score (nSPS) is 22.1. The summed E-state index contributed by atoms with van der Waals surface area (Å²) < 4.78 is 11.5. The summed E-state index contributed by atoms with van der Waals surface area (Å²) >= 11 is 0. The van der Waals surface area contributed by atoms with Gasteiger partial charge in [0.25, 0.3) is 0 Å². The largest absolute Gasteiger partial charge is 0.493 e. The van der Waals surface area contributed by atoms with Gasteiger partial charge in [-0.1, -0.05) is 17.7 Å². The standard InChI is InChI=1S/C19H29NO3/c1-13-8-14(2)19-17(9-13)18(4-3-7-23-19)20-10-16(21)12-22-11-15-5-6-15/h8-9,15-16,18,20-21H,3-7,10-12H2,1-2H3. The molecule has 0 saturated heterocycles. The molecular weight excluding hydrogens is 290 g/mol. The van der Waals surface area contributed by atoms with Crippen molar-refractivity contribution in [3.05, 3.63) is 28.8 Å². The molecule has 1 heterocycles. The van der Waals surface area contributed by atoms with Crippen molar-refractivity contribution in [3.8, 4) is 5.75 Å². The number of nitrogens with one attached hydrogen (secondary N) is 1. The van der Waals surface area contributed by atoms with Gasteiger partial charge in [-0.05, 0) is 51.0 Å². The summed E-state index contributed by atoms with van der Waals surface area (Å²) in [5.41, 5.74) is 3.68. The van der Waals surface area contributed by atoms with Crippen molar-refractivity contribution in [1.29, 1.82) is 0 Å². The molecule has 128 valence electrons. The van der Waals surface area contributed by atoms with Crippen LogP contribution in [-0.4, -0.2) is 37.6 Å². The molecule has 3 rings (SSSR count). The summed E-state index contributed by atoms with van der Waals surface area (Å²) in [6.07, 6.45) is 4.18. The molecule has 1 aromatic rings. The molecule has 0 amide bonds. The fraction of sp³-hybridized carbons (Fsp3) is 0.684. The van der Waals surface area contributed by atoms with E-state index in [1.54, 1.807) is 0 Å². The zero-order valence-electron chi connectivity index (χ0n) is 14.3. The van der Waals surface area contributed by atoms with Crippen molar-refractivity contribution in [2.24, 2.45) is 5.92 Å². The topological polar surface area (TPSA) is 50.7 Å². The molecule has 2 unspecified atom stereocenters. The highest BCUT2D eigenvalue weighted by Crippen LogP contribution is 2.35. The number of rotatable bonds is 7. The third kappa shape index (κ3) is 4.69. The third-order valence-corrected chi connectivity index (χ3v) is 4.67. The highest BCUT2D eigenvalue weighted by atomic mass is 16.5. The van der Waals surface area contributed by atoms with Crippen molar-refractivity contribution >= 4 is 0 Å². The number of ether oxygens (including phenoxy) is 2. The minimum Gasteiger partial charge on any atom is -0.493 e. The highest BCUT2D eigenvalue weighted by Gasteiger charge is 2.23. The molecule has 0 spiro atoms. The van der Waals surface area contributed by atoms with Gasteiger partial charge in [-0.3, -0.25) is 0 Å². The molecule has 0 bridgehead atoms. The summed E-state index contributed by atoms with van der Waals surface area (Å²) in [5, 5.41) is 13.6. The second kappa shape index (κ2) is 7.65. The number of aliphatic hydroxyl groups excluding tert-OH is 1. The van der Waals surface area contributed by atoms with Crippen LogP contribution in [0.4, 0.5) is 0 Å². The summed E-state index contributed by atoms with van der Waals surface area (Å²) in [6, 6.07) is 4.62. The molecule has 23 heavy (non-hydrogen) atoms. The van der Waals surface area contributed by atoms with Gasteiger partial charge in [0, 0.05) is 24.8 Å². The molecule has 4 nitrogen and oxygen atoms in total. The lowest BCUT2D eigenvalue weighted by Crippen LogP contribution is -2.33. The van der Waals surface area contributed by atoms with Gasteiger partial charge in [0.2, 0.25) is 0 Å². The molecule has 1 saturated carbocycles. The van der Waals surface area contributed by atoms with Gasteiger partial charge in [0.15, 0.2) is 0 Å². The Hall–Kier alpha value is -1.10. The van der Waals surface area contributed by atoms with Crippen LogP contribution in [0, 0.1) is 19.8 Å². The lowest BCUT2D eigenvalue weighted by atomic mass is 9.97.